The molecular formula is C26H28FN3O2S. The summed E-state index contributed by atoms with van der Waals surface area (Å²) in [6.45, 7) is 3.28. The molecule has 0 atom stereocenters. The van der Waals surface area contributed by atoms with Crippen LogP contribution >= 0.6 is 11.8 Å². The molecule has 0 radical (unpaired) electrons. The number of amides is 1. The highest BCUT2D eigenvalue weighted by atomic mass is 32.2. The fraction of sp³-hybridized carbons (Fsp3) is 0.385. The van der Waals surface area contributed by atoms with Crippen LogP contribution in [0.4, 0.5) is 15.8 Å². The molecular weight excluding hydrogens is 437 g/mol. The van der Waals surface area contributed by atoms with E-state index in [1.807, 2.05) is 23.1 Å². The number of hydrogen-bond donors (Lipinski definition) is 0. The molecule has 172 valence electrons. The molecule has 5 rings (SSSR count). The minimum absolute atomic E-state index is 0.0285. The highest BCUT2D eigenvalue weighted by molar-refractivity contribution is 8.18. The number of halogens is 1. The maximum Gasteiger partial charge on any atom is 0.267 e. The number of benzene rings is 2. The number of morpholine rings is 1. The maximum atomic E-state index is 14.3. The Bertz CT molecular complexity index is 1060. The number of thioether (sulfide) groups is 1. The van der Waals surface area contributed by atoms with Crippen LogP contribution in [0.15, 0.2) is 58.4 Å². The molecule has 2 heterocycles. The molecule has 0 N–H and O–H groups in total. The second kappa shape index (κ2) is 10.1. The van der Waals surface area contributed by atoms with Crippen molar-refractivity contribution in [1.82, 2.24) is 4.90 Å². The van der Waals surface area contributed by atoms with Crippen LogP contribution in [0.25, 0.3) is 6.08 Å². The largest absolute Gasteiger partial charge is 0.378 e. The summed E-state index contributed by atoms with van der Waals surface area (Å²) >= 11 is 1.35. The van der Waals surface area contributed by atoms with Crippen molar-refractivity contribution < 1.29 is 13.9 Å². The number of carbonyl (C=O) groups excluding carboxylic acids is 1. The van der Waals surface area contributed by atoms with Crippen molar-refractivity contribution in [3.05, 3.63) is 64.8 Å². The van der Waals surface area contributed by atoms with Gasteiger partial charge in [-0.3, -0.25) is 9.69 Å². The first kappa shape index (κ1) is 22.2. The third-order valence-corrected chi connectivity index (χ3v) is 7.40. The molecule has 2 saturated heterocycles. The molecule has 3 aliphatic rings. The fourth-order valence-corrected chi connectivity index (χ4v) is 5.68. The lowest BCUT2D eigenvalue weighted by Crippen LogP contribution is -2.40. The summed E-state index contributed by atoms with van der Waals surface area (Å²) < 4.78 is 19.7. The number of aliphatic imine (C=N–C) groups is 1. The second-order valence-electron chi connectivity index (χ2n) is 8.61. The fourth-order valence-electron chi connectivity index (χ4n) is 4.63. The van der Waals surface area contributed by atoms with Crippen LogP contribution in [0, 0.1) is 5.82 Å². The van der Waals surface area contributed by atoms with Gasteiger partial charge in [0.05, 0.1) is 18.1 Å². The van der Waals surface area contributed by atoms with Gasteiger partial charge in [0, 0.05) is 24.8 Å². The van der Waals surface area contributed by atoms with Crippen LogP contribution in [0.1, 0.15) is 37.7 Å². The van der Waals surface area contributed by atoms with E-state index in [1.54, 1.807) is 18.2 Å². The zero-order chi connectivity index (χ0) is 22.6. The Morgan fingerprint density at radius 1 is 1.00 bits per heavy atom. The van der Waals surface area contributed by atoms with Gasteiger partial charge in [-0.25, -0.2) is 9.38 Å². The zero-order valence-electron chi connectivity index (χ0n) is 18.6. The van der Waals surface area contributed by atoms with Gasteiger partial charge in [0.1, 0.15) is 11.5 Å². The summed E-state index contributed by atoms with van der Waals surface area (Å²) in [7, 11) is 0. The van der Waals surface area contributed by atoms with Crippen LogP contribution in [0.2, 0.25) is 0 Å². The maximum absolute atomic E-state index is 14.3. The van der Waals surface area contributed by atoms with E-state index in [0.29, 0.717) is 10.1 Å². The van der Waals surface area contributed by atoms with Crippen LogP contribution in [-0.2, 0) is 9.53 Å². The molecule has 33 heavy (non-hydrogen) atoms. The Hall–Kier alpha value is -2.64. The molecule has 3 fully saturated rings. The van der Waals surface area contributed by atoms with Gasteiger partial charge >= 0.3 is 0 Å². The van der Waals surface area contributed by atoms with Crippen molar-refractivity contribution in [3.63, 3.8) is 0 Å². The third-order valence-electron chi connectivity index (χ3n) is 6.41. The van der Waals surface area contributed by atoms with E-state index < -0.39 is 0 Å². The van der Waals surface area contributed by atoms with Crippen molar-refractivity contribution >= 4 is 40.3 Å². The molecule has 1 amide bonds. The minimum Gasteiger partial charge on any atom is -0.378 e. The van der Waals surface area contributed by atoms with E-state index in [9.17, 15) is 9.18 Å². The zero-order valence-corrected chi connectivity index (χ0v) is 19.4. The normalized spacial score (nSPS) is 22.5. The molecule has 0 aromatic heterocycles. The lowest BCUT2D eigenvalue weighted by molar-refractivity contribution is -0.124. The molecule has 7 heteroatoms. The van der Waals surface area contributed by atoms with Gasteiger partial charge in [-0.1, -0.05) is 43.5 Å². The van der Waals surface area contributed by atoms with Crippen molar-refractivity contribution in [3.8, 4) is 0 Å². The number of nitrogens with zero attached hydrogens (tertiary/aromatic N) is 3. The Labute approximate surface area is 198 Å². The van der Waals surface area contributed by atoms with Crippen molar-refractivity contribution in [1.29, 1.82) is 0 Å². The molecule has 0 spiro atoms. The Balaban J connectivity index is 1.42. The quantitative estimate of drug-likeness (QED) is 0.552. The van der Waals surface area contributed by atoms with E-state index in [1.165, 1.54) is 24.2 Å². The van der Waals surface area contributed by atoms with Gasteiger partial charge in [0.2, 0.25) is 0 Å². The second-order valence-corrected chi connectivity index (χ2v) is 9.62. The summed E-state index contributed by atoms with van der Waals surface area (Å²) in [6.07, 6.45) is 7.26. The summed E-state index contributed by atoms with van der Waals surface area (Å²) in [4.78, 5) is 22.8. The highest BCUT2D eigenvalue weighted by Crippen LogP contribution is 2.39. The predicted molar refractivity (Wildman–Crippen MR) is 132 cm³/mol. The van der Waals surface area contributed by atoms with Gasteiger partial charge in [0.25, 0.3) is 5.91 Å². The lowest BCUT2D eigenvalue weighted by atomic mass is 9.94. The van der Waals surface area contributed by atoms with E-state index >= 15 is 0 Å². The van der Waals surface area contributed by atoms with E-state index in [2.05, 4.69) is 22.0 Å². The van der Waals surface area contributed by atoms with Crippen molar-refractivity contribution in [2.24, 2.45) is 4.99 Å². The monoisotopic (exact) mass is 465 g/mol. The first-order chi connectivity index (χ1) is 16.2. The smallest absolute Gasteiger partial charge is 0.267 e. The summed E-state index contributed by atoms with van der Waals surface area (Å²) in [5.41, 5.74) is 2.40. The summed E-state index contributed by atoms with van der Waals surface area (Å²) in [5, 5.41) is 0.577. The average Bonchev–Trinajstić information content (AvgIpc) is 3.16. The Kier molecular flexibility index (Phi) is 6.78. The Morgan fingerprint density at radius 3 is 2.45 bits per heavy atom. The first-order valence-electron chi connectivity index (χ1n) is 11.7. The number of rotatable bonds is 4. The Morgan fingerprint density at radius 2 is 1.73 bits per heavy atom. The third kappa shape index (κ3) is 4.99. The number of para-hydroxylation sites is 1. The lowest BCUT2D eigenvalue weighted by Gasteiger charge is -2.30. The van der Waals surface area contributed by atoms with E-state index in [-0.39, 0.29) is 23.5 Å². The number of ether oxygens (including phenoxy) is 1. The van der Waals surface area contributed by atoms with E-state index in [0.717, 1.165) is 63.2 Å². The van der Waals surface area contributed by atoms with Gasteiger partial charge in [-0.15, -0.1) is 0 Å². The molecule has 2 aromatic carbocycles. The highest BCUT2D eigenvalue weighted by Gasteiger charge is 2.38. The SMILES string of the molecule is O=C1/C(=C\c2ccc(N3CCOCC3)cc2)SC(=Nc2ccccc2F)N1C1CCCCC1. The van der Waals surface area contributed by atoms with Crippen LogP contribution in [-0.4, -0.2) is 48.3 Å². The van der Waals surface area contributed by atoms with Gasteiger partial charge < -0.3 is 9.64 Å². The molecule has 2 aliphatic heterocycles. The van der Waals surface area contributed by atoms with Crippen molar-refractivity contribution in [2.75, 3.05) is 31.2 Å². The molecule has 0 unspecified atom stereocenters. The van der Waals surface area contributed by atoms with Crippen LogP contribution < -0.4 is 4.90 Å². The molecule has 2 aromatic rings. The summed E-state index contributed by atoms with van der Waals surface area (Å²) in [5.74, 6) is -0.406. The molecule has 1 aliphatic carbocycles. The average molecular weight is 466 g/mol. The van der Waals surface area contributed by atoms with Crippen molar-refractivity contribution in [2.45, 2.75) is 38.1 Å². The number of hydrogen-bond acceptors (Lipinski definition) is 5. The molecule has 5 nitrogen and oxygen atoms in total. The van der Waals surface area contributed by atoms with Crippen LogP contribution in [0.3, 0.4) is 0 Å². The van der Waals surface area contributed by atoms with E-state index in [4.69, 9.17) is 4.74 Å². The minimum atomic E-state index is -0.377. The first-order valence-corrected chi connectivity index (χ1v) is 12.5. The molecule has 1 saturated carbocycles. The predicted octanol–water partition coefficient (Wildman–Crippen LogP) is 5.60. The standard InChI is InChI=1S/C26H28FN3O2S/c27-22-8-4-5-9-23(22)28-26-30(21-6-2-1-3-7-21)25(31)24(33-26)18-19-10-12-20(13-11-19)29-14-16-32-17-15-29/h4-5,8-13,18,21H,1-3,6-7,14-17H2/b24-18+,28-26?. The van der Waals surface area contributed by atoms with Crippen LogP contribution in [0.5, 0.6) is 0 Å². The molecule has 0 bridgehead atoms. The number of amidine groups is 1. The van der Waals surface area contributed by atoms with Gasteiger partial charge in [-0.2, -0.15) is 0 Å². The summed E-state index contributed by atoms with van der Waals surface area (Å²) in [6, 6.07) is 14.9. The number of anilines is 1. The van der Waals surface area contributed by atoms with Gasteiger partial charge in [0.15, 0.2) is 5.17 Å². The van der Waals surface area contributed by atoms with Gasteiger partial charge in [-0.05, 0) is 60.5 Å². The number of carbonyl (C=O) groups is 1. The topological polar surface area (TPSA) is 45.1 Å².